The van der Waals surface area contributed by atoms with Crippen molar-refractivity contribution in [2.24, 2.45) is 11.7 Å². The highest BCUT2D eigenvalue weighted by atomic mass is 35.5. The summed E-state index contributed by atoms with van der Waals surface area (Å²) < 4.78 is 10.6. The number of hydrogen-bond acceptors (Lipinski definition) is 7. The predicted octanol–water partition coefficient (Wildman–Crippen LogP) is 1.59. The summed E-state index contributed by atoms with van der Waals surface area (Å²) >= 11 is 0. The molecule has 9 heteroatoms. The molecule has 3 rings (SSSR count). The molecule has 8 nitrogen and oxygen atoms in total. The van der Waals surface area contributed by atoms with E-state index in [2.05, 4.69) is 32.5 Å². The second kappa shape index (κ2) is 10.5. The number of ether oxygens (including phenoxy) is 1. The van der Waals surface area contributed by atoms with Gasteiger partial charge in [0.1, 0.15) is 0 Å². The van der Waals surface area contributed by atoms with Crippen molar-refractivity contribution in [2.45, 2.75) is 33.0 Å². The van der Waals surface area contributed by atoms with E-state index in [0.717, 1.165) is 38.4 Å². The molecule has 154 valence electrons. The number of benzene rings is 1. The first kappa shape index (κ1) is 22.3. The molecule has 0 aliphatic carbocycles. The number of halogens is 1. The number of amides is 1. The Morgan fingerprint density at radius 1 is 1.32 bits per heavy atom. The second-order valence-corrected chi connectivity index (χ2v) is 7.09. The third-order valence-electron chi connectivity index (χ3n) is 4.60. The lowest BCUT2D eigenvalue weighted by Crippen LogP contribution is -2.43. The second-order valence-electron chi connectivity index (χ2n) is 7.09. The van der Waals surface area contributed by atoms with Crippen molar-refractivity contribution in [3.8, 4) is 11.4 Å². The zero-order chi connectivity index (χ0) is 19.2. The maximum absolute atomic E-state index is 11.9. The fraction of sp³-hybridized carbons (Fsp3) is 0.526. The molecule has 1 aromatic heterocycles. The summed E-state index contributed by atoms with van der Waals surface area (Å²) in [5, 5.41) is 6.76. The normalized spacial score (nSPS) is 15.9. The molecule has 0 spiro atoms. The van der Waals surface area contributed by atoms with Gasteiger partial charge in [0.2, 0.25) is 17.6 Å². The first-order chi connectivity index (χ1) is 13.0. The molecule has 0 unspecified atom stereocenters. The SMILES string of the molecule is CC(C)[C@H](N)C(=O)NCc1nc(-c2cccc(CN3CCOCC3)c2)no1.Cl. The molecule has 0 radical (unpaired) electrons. The van der Waals surface area contributed by atoms with Crippen LogP contribution in [0.3, 0.4) is 0 Å². The van der Waals surface area contributed by atoms with Crippen LogP contribution in [0.15, 0.2) is 28.8 Å². The average Bonchev–Trinajstić information content (AvgIpc) is 3.15. The van der Waals surface area contributed by atoms with Gasteiger partial charge in [-0.2, -0.15) is 4.98 Å². The summed E-state index contributed by atoms with van der Waals surface area (Å²) in [6.45, 7) is 8.27. The van der Waals surface area contributed by atoms with E-state index in [4.69, 9.17) is 15.0 Å². The smallest absolute Gasteiger partial charge is 0.246 e. The van der Waals surface area contributed by atoms with E-state index < -0.39 is 6.04 Å². The van der Waals surface area contributed by atoms with Crippen molar-refractivity contribution in [3.05, 3.63) is 35.7 Å². The summed E-state index contributed by atoms with van der Waals surface area (Å²) in [6, 6.07) is 7.55. The molecule has 28 heavy (non-hydrogen) atoms. The lowest BCUT2D eigenvalue weighted by atomic mass is 10.1. The minimum Gasteiger partial charge on any atom is -0.379 e. The van der Waals surface area contributed by atoms with Crippen molar-refractivity contribution in [1.29, 1.82) is 0 Å². The highest BCUT2D eigenvalue weighted by molar-refractivity contribution is 5.85. The number of hydrogen-bond donors (Lipinski definition) is 2. The van der Waals surface area contributed by atoms with Crippen LogP contribution in [0.4, 0.5) is 0 Å². The van der Waals surface area contributed by atoms with E-state index in [1.165, 1.54) is 5.56 Å². The third kappa shape index (κ3) is 6.00. The van der Waals surface area contributed by atoms with E-state index in [-0.39, 0.29) is 30.8 Å². The quantitative estimate of drug-likeness (QED) is 0.715. The molecule has 1 atom stereocenters. The third-order valence-corrected chi connectivity index (χ3v) is 4.60. The lowest BCUT2D eigenvalue weighted by molar-refractivity contribution is -0.123. The molecule has 0 saturated carbocycles. The summed E-state index contributed by atoms with van der Waals surface area (Å²) in [5.41, 5.74) is 7.90. The van der Waals surface area contributed by atoms with Crippen LogP contribution >= 0.6 is 12.4 Å². The Morgan fingerprint density at radius 2 is 2.07 bits per heavy atom. The highest BCUT2D eigenvalue weighted by Crippen LogP contribution is 2.18. The number of morpholine rings is 1. The van der Waals surface area contributed by atoms with Crippen LogP contribution in [-0.4, -0.2) is 53.3 Å². The van der Waals surface area contributed by atoms with Crippen LogP contribution in [0.5, 0.6) is 0 Å². The fourth-order valence-electron chi connectivity index (χ4n) is 2.85. The first-order valence-electron chi connectivity index (χ1n) is 9.28. The van der Waals surface area contributed by atoms with Gasteiger partial charge in [0.25, 0.3) is 0 Å². The number of carbonyl (C=O) groups is 1. The van der Waals surface area contributed by atoms with Crippen LogP contribution in [0.2, 0.25) is 0 Å². The van der Waals surface area contributed by atoms with Crippen molar-refractivity contribution >= 4 is 18.3 Å². The fourth-order valence-corrected chi connectivity index (χ4v) is 2.85. The lowest BCUT2D eigenvalue weighted by Gasteiger charge is -2.26. The van der Waals surface area contributed by atoms with Gasteiger partial charge in [0, 0.05) is 25.2 Å². The van der Waals surface area contributed by atoms with Gasteiger partial charge in [-0.3, -0.25) is 9.69 Å². The van der Waals surface area contributed by atoms with Crippen molar-refractivity contribution in [1.82, 2.24) is 20.4 Å². The number of carbonyl (C=O) groups excluding carboxylic acids is 1. The number of aromatic nitrogens is 2. The van der Waals surface area contributed by atoms with E-state index in [0.29, 0.717) is 11.7 Å². The monoisotopic (exact) mass is 409 g/mol. The molecule has 1 saturated heterocycles. The van der Waals surface area contributed by atoms with Crippen molar-refractivity contribution < 1.29 is 14.1 Å². The molecular formula is C19H28ClN5O3. The minimum atomic E-state index is -0.552. The zero-order valence-electron chi connectivity index (χ0n) is 16.3. The maximum Gasteiger partial charge on any atom is 0.246 e. The van der Waals surface area contributed by atoms with Crippen LogP contribution in [0, 0.1) is 5.92 Å². The standard InChI is InChI=1S/C19H27N5O3.ClH/c1-13(2)17(20)19(25)21-11-16-22-18(23-27-16)15-5-3-4-14(10-15)12-24-6-8-26-9-7-24;/h3-5,10,13,17H,6-9,11-12,20H2,1-2H3,(H,21,25);1H/t17-;/m0./s1. The molecule has 1 aromatic carbocycles. The van der Waals surface area contributed by atoms with E-state index in [9.17, 15) is 4.79 Å². The summed E-state index contributed by atoms with van der Waals surface area (Å²) in [5.74, 6) is 0.707. The molecule has 2 aromatic rings. The number of nitrogens with one attached hydrogen (secondary N) is 1. The van der Waals surface area contributed by atoms with Crippen molar-refractivity contribution in [2.75, 3.05) is 26.3 Å². The number of nitrogens with zero attached hydrogens (tertiary/aromatic N) is 3. The summed E-state index contributed by atoms with van der Waals surface area (Å²) in [7, 11) is 0. The van der Waals surface area contributed by atoms with Gasteiger partial charge in [0.15, 0.2) is 0 Å². The van der Waals surface area contributed by atoms with Gasteiger partial charge in [0.05, 0.1) is 25.8 Å². The van der Waals surface area contributed by atoms with E-state index in [1.54, 1.807) is 0 Å². The van der Waals surface area contributed by atoms with Crippen molar-refractivity contribution in [3.63, 3.8) is 0 Å². The molecule has 1 fully saturated rings. The Hall–Kier alpha value is -2.00. The zero-order valence-corrected chi connectivity index (χ0v) is 17.1. The van der Waals surface area contributed by atoms with Gasteiger partial charge < -0.3 is 20.3 Å². The Bertz CT molecular complexity index is 762. The van der Waals surface area contributed by atoms with Gasteiger partial charge in [-0.1, -0.05) is 37.2 Å². The number of rotatable bonds is 7. The summed E-state index contributed by atoms with van der Waals surface area (Å²) in [4.78, 5) is 18.7. The number of nitrogens with two attached hydrogens (primary N) is 1. The predicted molar refractivity (Wildman–Crippen MR) is 108 cm³/mol. The van der Waals surface area contributed by atoms with E-state index >= 15 is 0 Å². The Kier molecular flexibility index (Phi) is 8.37. The van der Waals surface area contributed by atoms with Crippen LogP contribution in [0.1, 0.15) is 25.3 Å². The molecular weight excluding hydrogens is 382 g/mol. The largest absolute Gasteiger partial charge is 0.379 e. The maximum atomic E-state index is 11.9. The first-order valence-corrected chi connectivity index (χ1v) is 9.28. The molecule has 1 aliphatic heterocycles. The molecule has 2 heterocycles. The van der Waals surface area contributed by atoms with Gasteiger partial charge in [-0.15, -0.1) is 12.4 Å². The van der Waals surface area contributed by atoms with Gasteiger partial charge in [-0.25, -0.2) is 0 Å². The Balaban J connectivity index is 0.00000280. The highest BCUT2D eigenvalue weighted by Gasteiger charge is 2.18. The molecule has 1 aliphatic rings. The minimum absolute atomic E-state index is 0. The Labute approximate surface area is 171 Å². The topological polar surface area (TPSA) is 107 Å². The molecule has 3 N–H and O–H groups in total. The molecule has 1 amide bonds. The summed E-state index contributed by atoms with van der Waals surface area (Å²) in [6.07, 6.45) is 0. The van der Waals surface area contributed by atoms with Crippen LogP contribution in [-0.2, 0) is 22.6 Å². The molecule has 0 bridgehead atoms. The van der Waals surface area contributed by atoms with Gasteiger partial charge in [-0.05, 0) is 17.5 Å². The average molecular weight is 410 g/mol. The van der Waals surface area contributed by atoms with Crippen LogP contribution < -0.4 is 11.1 Å². The van der Waals surface area contributed by atoms with E-state index in [1.807, 2.05) is 26.0 Å². The Morgan fingerprint density at radius 3 is 2.79 bits per heavy atom. The van der Waals surface area contributed by atoms with Gasteiger partial charge >= 0.3 is 0 Å². The van der Waals surface area contributed by atoms with Crippen LogP contribution in [0.25, 0.3) is 11.4 Å².